The van der Waals surface area contributed by atoms with Crippen LogP contribution in [0.4, 0.5) is 5.69 Å². The molecule has 2 aromatic carbocycles. The Morgan fingerprint density at radius 2 is 1.67 bits per heavy atom. The molecule has 0 saturated carbocycles. The maximum absolute atomic E-state index is 12.3. The highest BCUT2D eigenvalue weighted by Gasteiger charge is 2.07. The molecule has 0 aliphatic heterocycles. The van der Waals surface area contributed by atoms with Gasteiger partial charge in [0.15, 0.2) is 0 Å². The van der Waals surface area contributed by atoms with Gasteiger partial charge < -0.3 is 9.88 Å². The van der Waals surface area contributed by atoms with Crippen molar-refractivity contribution >= 4 is 23.2 Å². The predicted molar refractivity (Wildman–Crippen MR) is 85.2 cm³/mol. The number of halogens is 1. The van der Waals surface area contributed by atoms with Crippen molar-refractivity contribution < 1.29 is 4.79 Å². The molecule has 0 spiro atoms. The number of carbonyl (C=O) groups excluding carboxylic acids is 1. The first-order valence-corrected chi connectivity index (χ1v) is 6.90. The Balaban J connectivity index is 1.81. The van der Waals surface area contributed by atoms with Gasteiger partial charge in [0.25, 0.3) is 5.91 Å². The van der Waals surface area contributed by atoms with Crippen molar-refractivity contribution in [1.82, 2.24) is 4.57 Å². The number of nitrogens with one attached hydrogen (secondary N) is 1. The van der Waals surface area contributed by atoms with Crippen LogP contribution in [0.1, 0.15) is 10.4 Å². The fraction of sp³-hybridized carbons (Fsp3) is 0. The maximum Gasteiger partial charge on any atom is 0.255 e. The van der Waals surface area contributed by atoms with Crippen LogP contribution in [-0.2, 0) is 0 Å². The lowest BCUT2D eigenvalue weighted by molar-refractivity contribution is 0.102. The van der Waals surface area contributed by atoms with Crippen molar-refractivity contribution in [2.75, 3.05) is 5.32 Å². The molecule has 0 aliphatic rings. The van der Waals surface area contributed by atoms with Gasteiger partial charge in [-0.3, -0.25) is 4.79 Å². The van der Waals surface area contributed by atoms with Gasteiger partial charge in [-0.25, -0.2) is 0 Å². The molecule has 0 fully saturated rings. The summed E-state index contributed by atoms with van der Waals surface area (Å²) in [6.45, 7) is 0. The van der Waals surface area contributed by atoms with E-state index in [1.807, 2.05) is 47.3 Å². The van der Waals surface area contributed by atoms with Gasteiger partial charge in [-0.1, -0.05) is 17.7 Å². The van der Waals surface area contributed by atoms with E-state index in [4.69, 9.17) is 11.6 Å². The van der Waals surface area contributed by atoms with Crippen LogP contribution >= 0.6 is 11.6 Å². The van der Waals surface area contributed by atoms with Crippen LogP contribution in [0.5, 0.6) is 0 Å². The normalized spacial score (nSPS) is 10.3. The summed E-state index contributed by atoms with van der Waals surface area (Å²) in [5, 5.41) is 3.49. The smallest absolute Gasteiger partial charge is 0.255 e. The van der Waals surface area contributed by atoms with E-state index in [2.05, 4.69) is 5.32 Å². The molecule has 3 rings (SSSR count). The average Bonchev–Trinajstić information content (AvgIpc) is 3.04. The first kappa shape index (κ1) is 13.5. The van der Waals surface area contributed by atoms with Crippen LogP contribution in [0.15, 0.2) is 73.1 Å². The van der Waals surface area contributed by atoms with Gasteiger partial charge in [0.05, 0.1) is 0 Å². The van der Waals surface area contributed by atoms with Gasteiger partial charge >= 0.3 is 0 Å². The van der Waals surface area contributed by atoms with Gasteiger partial charge in [-0.15, -0.1) is 0 Å². The highest BCUT2D eigenvalue weighted by atomic mass is 35.5. The van der Waals surface area contributed by atoms with Crippen LogP contribution in [0.2, 0.25) is 5.02 Å². The predicted octanol–water partition coefficient (Wildman–Crippen LogP) is 4.38. The molecule has 1 aromatic heterocycles. The first-order valence-electron chi connectivity index (χ1n) is 6.53. The Hall–Kier alpha value is -2.52. The van der Waals surface area contributed by atoms with E-state index in [1.54, 1.807) is 30.3 Å². The number of anilines is 1. The molecule has 1 N–H and O–H groups in total. The largest absolute Gasteiger partial charge is 0.324 e. The van der Waals surface area contributed by atoms with Gasteiger partial charge in [0, 0.05) is 34.4 Å². The van der Waals surface area contributed by atoms with E-state index in [1.165, 1.54) is 0 Å². The number of amides is 1. The zero-order chi connectivity index (χ0) is 14.7. The van der Waals surface area contributed by atoms with Crippen LogP contribution in [0.3, 0.4) is 0 Å². The molecular formula is C17H13ClN2O. The van der Waals surface area contributed by atoms with Crippen molar-refractivity contribution in [3.8, 4) is 5.69 Å². The molecule has 0 saturated heterocycles. The molecule has 3 nitrogen and oxygen atoms in total. The van der Waals surface area contributed by atoms with Crippen LogP contribution in [0, 0.1) is 0 Å². The Morgan fingerprint density at radius 3 is 2.38 bits per heavy atom. The minimum Gasteiger partial charge on any atom is -0.324 e. The molecule has 1 amide bonds. The van der Waals surface area contributed by atoms with Crippen molar-refractivity contribution in [3.05, 3.63) is 83.6 Å². The molecule has 104 valence electrons. The van der Waals surface area contributed by atoms with Crippen LogP contribution < -0.4 is 5.32 Å². The second-order valence-corrected chi connectivity index (χ2v) is 5.04. The molecule has 21 heavy (non-hydrogen) atoms. The van der Waals surface area contributed by atoms with E-state index >= 15 is 0 Å². The molecule has 0 radical (unpaired) electrons. The molecule has 4 heteroatoms. The number of hydrogen-bond acceptors (Lipinski definition) is 1. The number of nitrogens with zero attached hydrogens (tertiary/aromatic N) is 1. The third kappa shape index (κ3) is 3.15. The summed E-state index contributed by atoms with van der Waals surface area (Å²) in [6.07, 6.45) is 3.88. The van der Waals surface area contributed by atoms with Crippen molar-refractivity contribution in [1.29, 1.82) is 0 Å². The summed E-state index contributed by atoms with van der Waals surface area (Å²) >= 11 is 5.83. The number of carbonyl (C=O) groups is 1. The highest BCUT2D eigenvalue weighted by molar-refractivity contribution is 6.30. The molecule has 1 heterocycles. The number of hydrogen-bond donors (Lipinski definition) is 1. The molecular weight excluding hydrogens is 284 g/mol. The SMILES string of the molecule is O=C(Nc1ccc(Cl)cc1)c1cccc(-n2cccc2)c1. The minimum absolute atomic E-state index is 0.147. The van der Waals surface area contributed by atoms with E-state index in [9.17, 15) is 4.79 Å². The van der Waals surface area contributed by atoms with Crippen LogP contribution in [0.25, 0.3) is 5.69 Å². The quantitative estimate of drug-likeness (QED) is 0.764. The monoisotopic (exact) mass is 296 g/mol. The maximum atomic E-state index is 12.3. The Labute approximate surface area is 127 Å². The summed E-state index contributed by atoms with van der Waals surface area (Å²) in [6, 6.07) is 18.4. The number of benzene rings is 2. The highest BCUT2D eigenvalue weighted by Crippen LogP contribution is 2.16. The Kier molecular flexibility index (Phi) is 3.75. The number of aromatic nitrogens is 1. The lowest BCUT2D eigenvalue weighted by Crippen LogP contribution is -2.12. The van der Waals surface area contributed by atoms with Crippen molar-refractivity contribution in [2.24, 2.45) is 0 Å². The van der Waals surface area contributed by atoms with E-state index in [0.717, 1.165) is 11.4 Å². The third-order valence-electron chi connectivity index (χ3n) is 3.11. The fourth-order valence-corrected chi connectivity index (χ4v) is 2.18. The van der Waals surface area contributed by atoms with Crippen molar-refractivity contribution in [2.45, 2.75) is 0 Å². The Morgan fingerprint density at radius 1 is 0.952 bits per heavy atom. The zero-order valence-corrected chi connectivity index (χ0v) is 11.9. The Bertz CT molecular complexity index is 749. The lowest BCUT2D eigenvalue weighted by Gasteiger charge is -2.08. The van der Waals surface area contributed by atoms with E-state index < -0.39 is 0 Å². The average molecular weight is 297 g/mol. The van der Waals surface area contributed by atoms with E-state index in [-0.39, 0.29) is 5.91 Å². The second kappa shape index (κ2) is 5.85. The fourth-order valence-electron chi connectivity index (χ4n) is 2.05. The standard InChI is InChI=1S/C17H13ClN2O/c18-14-6-8-15(9-7-14)19-17(21)13-4-3-5-16(12-13)20-10-1-2-11-20/h1-12H,(H,19,21). The molecule has 0 unspecified atom stereocenters. The third-order valence-corrected chi connectivity index (χ3v) is 3.36. The summed E-state index contributed by atoms with van der Waals surface area (Å²) in [4.78, 5) is 12.3. The van der Waals surface area contributed by atoms with E-state index in [0.29, 0.717) is 10.6 Å². The molecule has 3 aromatic rings. The van der Waals surface area contributed by atoms with Gasteiger partial charge in [-0.2, -0.15) is 0 Å². The second-order valence-electron chi connectivity index (χ2n) is 4.60. The van der Waals surface area contributed by atoms with Crippen molar-refractivity contribution in [3.63, 3.8) is 0 Å². The summed E-state index contributed by atoms with van der Waals surface area (Å²) < 4.78 is 1.96. The molecule has 0 atom stereocenters. The van der Waals surface area contributed by atoms with Gasteiger partial charge in [-0.05, 0) is 54.6 Å². The summed E-state index contributed by atoms with van der Waals surface area (Å²) in [5.41, 5.74) is 2.27. The zero-order valence-electron chi connectivity index (χ0n) is 11.2. The van der Waals surface area contributed by atoms with Gasteiger partial charge in [0.1, 0.15) is 0 Å². The summed E-state index contributed by atoms with van der Waals surface area (Å²) in [7, 11) is 0. The number of rotatable bonds is 3. The lowest BCUT2D eigenvalue weighted by atomic mass is 10.2. The van der Waals surface area contributed by atoms with Gasteiger partial charge in [0.2, 0.25) is 0 Å². The summed E-state index contributed by atoms with van der Waals surface area (Å²) in [5.74, 6) is -0.147. The molecule has 0 bridgehead atoms. The van der Waals surface area contributed by atoms with Crippen LogP contribution in [-0.4, -0.2) is 10.5 Å². The molecule has 0 aliphatic carbocycles. The topological polar surface area (TPSA) is 34.0 Å². The first-order chi connectivity index (χ1) is 10.2. The minimum atomic E-state index is -0.147.